The fourth-order valence-corrected chi connectivity index (χ4v) is 1.92. The van der Waals surface area contributed by atoms with Crippen LogP contribution in [0.25, 0.3) is 0 Å². The predicted molar refractivity (Wildman–Crippen MR) is 58.1 cm³/mol. The number of Topliss-reactive ketones (excluding diaryl/α,β-unsaturated/α-hetero) is 2. The summed E-state index contributed by atoms with van der Waals surface area (Å²) in [6, 6.07) is 0. The molecule has 0 aliphatic rings. The summed E-state index contributed by atoms with van der Waals surface area (Å²) < 4.78 is 0. The van der Waals surface area contributed by atoms with Crippen LogP contribution in [0.4, 0.5) is 0 Å². The number of ketones is 2. The van der Waals surface area contributed by atoms with E-state index < -0.39 is 0 Å². The lowest BCUT2D eigenvalue weighted by atomic mass is 9.65. The fourth-order valence-electron chi connectivity index (χ4n) is 1.92. The van der Waals surface area contributed by atoms with E-state index in [4.69, 9.17) is 0 Å². The van der Waals surface area contributed by atoms with Gasteiger partial charge < -0.3 is 0 Å². The van der Waals surface area contributed by atoms with Crippen molar-refractivity contribution >= 4 is 11.6 Å². The molecule has 2 atom stereocenters. The summed E-state index contributed by atoms with van der Waals surface area (Å²) in [5.74, 6) is 0.239. The minimum atomic E-state index is -0.197. The fraction of sp³-hybridized carbons (Fsp3) is 0.833. The Labute approximate surface area is 87.1 Å². The maximum absolute atomic E-state index is 11.4. The van der Waals surface area contributed by atoms with Crippen LogP contribution in [0.2, 0.25) is 0 Å². The molecule has 2 unspecified atom stereocenters. The van der Waals surface area contributed by atoms with Gasteiger partial charge in [-0.1, -0.05) is 27.7 Å². The zero-order valence-electron chi connectivity index (χ0n) is 10.2. The molecule has 0 spiro atoms. The molecule has 0 saturated carbocycles. The first kappa shape index (κ1) is 13.3. The van der Waals surface area contributed by atoms with Crippen molar-refractivity contribution in [3.05, 3.63) is 0 Å². The van der Waals surface area contributed by atoms with Crippen molar-refractivity contribution in [1.82, 2.24) is 0 Å². The van der Waals surface area contributed by atoms with Crippen molar-refractivity contribution in [2.45, 2.75) is 48.0 Å². The molecule has 0 radical (unpaired) electrons. The van der Waals surface area contributed by atoms with E-state index in [0.717, 1.165) is 6.42 Å². The molecule has 0 aliphatic heterocycles. The summed E-state index contributed by atoms with van der Waals surface area (Å²) in [6.07, 6.45) is 0.856. The van der Waals surface area contributed by atoms with E-state index in [1.54, 1.807) is 13.8 Å². The second kappa shape index (κ2) is 4.72. The van der Waals surface area contributed by atoms with Crippen LogP contribution in [0, 0.1) is 17.3 Å². The zero-order chi connectivity index (χ0) is 11.5. The largest absolute Gasteiger partial charge is 0.300 e. The Hall–Kier alpha value is -0.660. The van der Waals surface area contributed by atoms with Gasteiger partial charge >= 0.3 is 0 Å². The van der Waals surface area contributed by atoms with E-state index in [-0.39, 0.29) is 28.8 Å². The highest BCUT2D eigenvalue weighted by Crippen LogP contribution is 2.39. The van der Waals surface area contributed by atoms with Gasteiger partial charge in [-0.05, 0) is 25.7 Å². The van der Waals surface area contributed by atoms with Crippen molar-refractivity contribution < 1.29 is 9.59 Å². The van der Waals surface area contributed by atoms with E-state index in [1.807, 2.05) is 27.7 Å². The van der Waals surface area contributed by atoms with Gasteiger partial charge in [0, 0.05) is 11.8 Å². The number of hydrogen-bond acceptors (Lipinski definition) is 2. The highest BCUT2D eigenvalue weighted by molar-refractivity contribution is 5.82. The molecule has 0 aromatic heterocycles. The molecule has 0 N–H and O–H groups in total. The molecule has 0 saturated heterocycles. The second-order valence-electron chi connectivity index (χ2n) is 4.52. The molecule has 14 heavy (non-hydrogen) atoms. The van der Waals surface area contributed by atoms with Crippen LogP contribution < -0.4 is 0 Å². The van der Waals surface area contributed by atoms with Crippen LogP contribution in [-0.2, 0) is 9.59 Å². The maximum atomic E-state index is 11.4. The average Bonchev–Trinajstić information content (AvgIpc) is 2.13. The van der Waals surface area contributed by atoms with Crippen molar-refractivity contribution in [1.29, 1.82) is 0 Å². The van der Waals surface area contributed by atoms with Crippen LogP contribution in [0.3, 0.4) is 0 Å². The predicted octanol–water partition coefficient (Wildman–Crippen LogP) is 2.85. The van der Waals surface area contributed by atoms with Crippen molar-refractivity contribution in [3.8, 4) is 0 Å². The Morgan fingerprint density at radius 3 is 1.50 bits per heavy atom. The van der Waals surface area contributed by atoms with Crippen LogP contribution in [0.15, 0.2) is 0 Å². The number of rotatable bonds is 5. The molecule has 0 aromatic rings. The van der Waals surface area contributed by atoms with Crippen molar-refractivity contribution in [3.63, 3.8) is 0 Å². The van der Waals surface area contributed by atoms with E-state index in [1.165, 1.54) is 0 Å². The van der Waals surface area contributed by atoms with Crippen molar-refractivity contribution in [2.24, 2.45) is 17.3 Å². The number of carbonyl (C=O) groups excluding carboxylic acids is 2. The summed E-state index contributed by atoms with van der Waals surface area (Å²) in [5, 5.41) is 0. The summed E-state index contributed by atoms with van der Waals surface area (Å²) in [7, 11) is 0. The highest BCUT2D eigenvalue weighted by atomic mass is 16.1. The Morgan fingerprint density at radius 2 is 1.36 bits per heavy atom. The molecule has 2 nitrogen and oxygen atoms in total. The Bertz CT molecular complexity index is 210. The van der Waals surface area contributed by atoms with Crippen LogP contribution in [0.1, 0.15) is 48.0 Å². The topological polar surface area (TPSA) is 34.1 Å². The molecule has 0 aliphatic carbocycles. The first-order valence-corrected chi connectivity index (χ1v) is 5.28. The molecule has 0 bridgehead atoms. The molecule has 2 heteroatoms. The molecule has 0 aromatic carbocycles. The smallest absolute Gasteiger partial charge is 0.133 e. The normalized spacial score (nSPS) is 19.6. The van der Waals surface area contributed by atoms with Gasteiger partial charge in [-0.3, -0.25) is 9.59 Å². The summed E-state index contributed by atoms with van der Waals surface area (Å²) in [4.78, 5) is 22.7. The van der Waals surface area contributed by atoms with E-state index >= 15 is 0 Å². The highest BCUT2D eigenvalue weighted by Gasteiger charge is 2.39. The quantitative estimate of drug-likeness (QED) is 0.680. The first-order valence-electron chi connectivity index (χ1n) is 5.28. The van der Waals surface area contributed by atoms with E-state index in [9.17, 15) is 9.59 Å². The molecule has 0 fully saturated rings. The van der Waals surface area contributed by atoms with E-state index in [0.29, 0.717) is 0 Å². The lowest BCUT2D eigenvalue weighted by molar-refractivity contribution is -0.131. The average molecular weight is 198 g/mol. The summed E-state index contributed by atoms with van der Waals surface area (Å²) in [6.45, 7) is 11.1. The Morgan fingerprint density at radius 1 is 1.07 bits per heavy atom. The second-order valence-corrected chi connectivity index (χ2v) is 4.52. The monoisotopic (exact) mass is 198 g/mol. The Kier molecular flexibility index (Phi) is 4.50. The number of carbonyl (C=O) groups is 2. The molecule has 0 amide bonds. The van der Waals surface area contributed by atoms with Gasteiger partial charge in [0.05, 0.1) is 0 Å². The third kappa shape index (κ3) is 2.43. The van der Waals surface area contributed by atoms with E-state index in [2.05, 4.69) is 0 Å². The van der Waals surface area contributed by atoms with Crippen molar-refractivity contribution in [2.75, 3.05) is 0 Å². The van der Waals surface area contributed by atoms with Gasteiger partial charge in [-0.25, -0.2) is 0 Å². The Balaban J connectivity index is 4.96. The SMILES string of the molecule is CCC(C)(C(C)C(C)=O)C(C)C(C)=O. The minimum Gasteiger partial charge on any atom is -0.300 e. The molecule has 0 rings (SSSR count). The summed E-state index contributed by atoms with van der Waals surface area (Å²) in [5.41, 5.74) is -0.197. The first-order chi connectivity index (χ1) is 6.27. The lowest BCUT2D eigenvalue weighted by Crippen LogP contribution is -2.38. The lowest BCUT2D eigenvalue weighted by Gasteiger charge is -2.38. The van der Waals surface area contributed by atoms with Crippen LogP contribution in [0.5, 0.6) is 0 Å². The number of hydrogen-bond donors (Lipinski definition) is 0. The molecular weight excluding hydrogens is 176 g/mol. The third-order valence-corrected chi connectivity index (χ3v) is 3.96. The van der Waals surface area contributed by atoms with Gasteiger partial charge in [-0.15, -0.1) is 0 Å². The standard InChI is InChI=1S/C12H22O2/c1-7-12(6,8(2)10(4)13)9(3)11(5)14/h8-9H,7H2,1-6H3. The molecular formula is C12H22O2. The van der Waals surface area contributed by atoms with Gasteiger partial charge in [0.2, 0.25) is 0 Å². The molecule has 82 valence electrons. The van der Waals surface area contributed by atoms with Gasteiger partial charge in [-0.2, -0.15) is 0 Å². The zero-order valence-corrected chi connectivity index (χ0v) is 10.2. The van der Waals surface area contributed by atoms with Gasteiger partial charge in [0.1, 0.15) is 11.6 Å². The van der Waals surface area contributed by atoms with Gasteiger partial charge in [0.15, 0.2) is 0 Å². The van der Waals surface area contributed by atoms with Crippen LogP contribution in [-0.4, -0.2) is 11.6 Å². The van der Waals surface area contributed by atoms with Gasteiger partial charge in [0.25, 0.3) is 0 Å². The minimum absolute atomic E-state index is 0.0496. The summed E-state index contributed by atoms with van der Waals surface area (Å²) >= 11 is 0. The maximum Gasteiger partial charge on any atom is 0.133 e. The molecule has 0 heterocycles. The van der Waals surface area contributed by atoms with Crippen LogP contribution >= 0.6 is 0 Å². The third-order valence-electron chi connectivity index (χ3n) is 3.96.